The molecule has 21 heavy (non-hydrogen) atoms. The Labute approximate surface area is 121 Å². The van der Waals surface area contributed by atoms with Gasteiger partial charge in [-0.25, -0.2) is 9.80 Å². The molecule has 1 unspecified atom stereocenters. The first-order valence-electron chi connectivity index (χ1n) is 6.38. The number of para-hydroxylation sites is 1. The first-order chi connectivity index (χ1) is 10.3. The molecular weight excluding hydrogens is 270 g/mol. The minimum Gasteiger partial charge on any atom is -0.448 e. The normalized spacial score (nSPS) is 17.0. The molecule has 3 rings (SSSR count). The minimum absolute atomic E-state index is 0.468. The van der Waals surface area contributed by atoms with E-state index in [9.17, 15) is 4.79 Å². The van der Waals surface area contributed by atoms with Crippen LogP contribution in [0.1, 0.15) is 11.7 Å². The van der Waals surface area contributed by atoms with Gasteiger partial charge >= 0.3 is 6.16 Å². The number of anilines is 1. The van der Waals surface area contributed by atoms with Crippen LogP contribution in [0.15, 0.2) is 65.8 Å². The molecule has 1 heterocycles. The molecule has 0 bridgehead atoms. The van der Waals surface area contributed by atoms with Crippen molar-refractivity contribution in [2.45, 2.75) is 6.17 Å². The van der Waals surface area contributed by atoms with Crippen LogP contribution in [0.5, 0.6) is 0 Å². The van der Waals surface area contributed by atoms with Crippen molar-refractivity contribution in [1.82, 2.24) is 5.06 Å². The summed E-state index contributed by atoms with van der Waals surface area (Å²) in [4.78, 5) is 15.6. The predicted octanol–water partition coefficient (Wildman–Crippen LogP) is 3.06. The quantitative estimate of drug-likeness (QED) is 0.937. The van der Waals surface area contributed by atoms with Crippen LogP contribution in [0.25, 0.3) is 0 Å². The first kappa shape index (κ1) is 13.0. The van der Waals surface area contributed by atoms with Crippen molar-refractivity contribution in [3.8, 4) is 0 Å². The topological polar surface area (TPSA) is 65.4 Å². The summed E-state index contributed by atoms with van der Waals surface area (Å²) in [6.45, 7) is 0. The van der Waals surface area contributed by atoms with Crippen molar-refractivity contribution in [3.05, 3.63) is 66.2 Å². The highest BCUT2D eigenvalue weighted by molar-refractivity contribution is 5.67. The van der Waals surface area contributed by atoms with Gasteiger partial charge in [-0.15, -0.1) is 0 Å². The third kappa shape index (κ3) is 2.64. The van der Waals surface area contributed by atoms with Crippen LogP contribution >= 0.6 is 0 Å². The monoisotopic (exact) mass is 283 g/mol. The summed E-state index contributed by atoms with van der Waals surface area (Å²) in [6, 6.07) is 19.0. The van der Waals surface area contributed by atoms with Gasteiger partial charge in [0.15, 0.2) is 12.5 Å². The van der Waals surface area contributed by atoms with Crippen LogP contribution in [-0.2, 0) is 4.84 Å². The average Bonchev–Trinajstić information content (AvgIpc) is 2.92. The van der Waals surface area contributed by atoms with Crippen molar-refractivity contribution >= 4 is 18.2 Å². The Morgan fingerprint density at radius 1 is 1.05 bits per heavy atom. The van der Waals surface area contributed by atoms with Gasteiger partial charge in [0.1, 0.15) is 0 Å². The van der Waals surface area contributed by atoms with E-state index in [1.165, 1.54) is 11.4 Å². The van der Waals surface area contributed by atoms with Gasteiger partial charge in [0.05, 0.1) is 5.69 Å². The molecule has 0 saturated heterocycles. The summed E-state index contributed by atoms with van der Waals surface area (Å²) in [5.41, 5.74) is 1.72. The predicted molar refractivity (Wildman–Crippen MR) is 77.5 cm³/mol. The number of benzene rings is 2. The molecule has 1 aliphatic heterocycles. The fourth-order valence-electron chi connectivity index (χ4n) is 2.21. The Balaban J connectivity index is 1.97. The number of rotatable bonds is 3. The summed E-state index contributed by atoms with van der Waals surface area (Å²) >= 11 is 0. The van der Waals surface area contributed by atoms with Crippen molar-refractivity contribution in [1.29, 1.82) is 0 Å². The lowest BCUT2D eigenvalue weighted by atomic mass is 10.1. The van der Waals surface area contributed by atoms with E-state index < -0.39 is 12.3 Å². The zero-order valence-corrected chi connectivity index (χ0v) is 11.0. The highest BCUT2D eigenvalue weighted by atomic mass is 16.8. The van der Waals surface area contributed by atoms with Crippen LogP contribution in [0.3, 0.4) is 0 Å². The molecule has 6 heteroatoms. The third-order valence-electron chi connectivity index (χ3n) is 3.06. The third-order valence-corrected chi connectivity index (χ3v) is 3.06. The molecule has 1 aliphatic rings. The van der Waals surface area contributed by atoms with Crippen LogP contribution in [0, 0.1) is 0 Å². The highest BCUT2D eigenvalue weighted by Gasteiger charge is 2.33. The minimum atomic E-state index is -1.38. The molecule has 0 fully saturated rings. The van der Waals surface area contributed by atoms with Gasteiger partial charge < -0.3 is 9.94 Å². The van der Waals surface area contributed by atoms with Crippen LogP contribution in [0.2, 0.25) is 0 Å². The summed E-state index contributed by atoms with van der Waals surface area (Å²) in [5.74, 6) is 0. The highest BCUT2D eigenvalue weighted by Crippen LogP contribution is 2.33. The van der Waals surface area contributed by atoms with Gasteiger partial charge in [0.25, 0.3) is 0 Å². The fraction of sp³-hybridized carbons (Fsp3) is 0.0667. The lowest BCUT2D eigenvalue weighted by Gasteiger charge is -2.28. The Morgan fingerprint density at radius 2 is 1.67 bits per heavy atom. The summed E-state index contributed by atoms with van der Waals surface area (Å²) < 4.78 is 0. The number of nitrogens with zero attached hydrogens (tertiary/aromatic N) is 3. The molecule has 106 valence electrons. The van der Waals surface area contributed by atoms with Crippen LogP contribution in [-0.4, -0.2) is 22.7 Å². The van der Waals surface area contributed by atoms with Gasteiger partial charge in [0.2, 0.25) is 0 Å². The van der Waals surface area contributed by atoms with E-state index in [4.69, 9.17) is 9.94 Å². The summed E-state index contributed by atoms with van der Waals surface area (Å²) in [5, 5.41) is 16.0. The second-order valence-electron chi connectivity index (χ2n) is 4.41. The van der Waals surface area contributed by atoms with E-state index in [1.807, 2.05) is 60.7 Å². The standard InChI is InChI=1S/C15H13N3O3/c19-15(20)21-17-11-16-18(13-9-5-2-6-10-13)14(17)12-7-3-1-4-8-12/h1-11,14H,(H,19,20). The Kier molecular flexibility index (Phi) is 3.42. The SMILES string of the molecule is O=C(O)ON1C=NN(c2ccccc2)C1c1ccccc1. The van der Waals surface area contributed by atoms with E-state index in [2.05, 4.69) is 5.10 Å². The Morgan fingerprint density at radius 3 is 2.29 bits per heavy atom. The zero-order valence-electron chi connectivity index (χ0n) is 11.0. The van der Waals surface area contributed by atoms with Crippen molar-refractivity contribution in [3.63, 3.8) is 0 Å². The molecule has 0 spiro atoms. The number of hydrazone groups is 1. The first-order valence-corrected chi connectivity index (χ1v) is 6.38. The molecule has 1 atom stereocenters. The Hall–Kier alpha value is -3.02. The number of hydroxylamine groups is 2. The molecule has 0 amide bonds. The number of carbonyl (C=O) groups is 1. The van der Waals surface area contributed by atoms with E-state index in [-0.39, 0.29) is 0 Å². The second kappa shape index (κ2) is 5.54. The fourth-order valence-corrected chi connectivity index (χ4v) is 2.21. The molecular formula is C15H13N3O3. The van der Waals surface area contributed by atoms with E-state index in [0.717, 1.165) is 11.3 Å². The summed E-state index contributed by atoms with van der Waals surface area (Å²) in [6.07, 6.45) is -0.485. The maximum Gasteiger partial charge on any atom is 0.531 e. The van der Waals surface area contributed by atoms with E-state index in [1.54, 1.807) is 5.01 Å². The molecule has 2 aromatic rings. The van der Waals surface area contributed by atoms with Gasteiger partial charge in [0, 0.05) is 0 Å². The maximum absolute atomic E-state index is 10.8. The average molecular weight is 283 g/mol. The van der Waals surface area contributed by atoms with Crippen molar-refractivity contribution in [2.75, 3.05) is 5.01 Å². The molecule has 0 aliphatic carbocycles. The molecule has 0 saturated carbocycles. The largest absolute Gasteiger partial charge is 0.531 e. The van der Waals surface area contributed by atoms with Crippen LogP contribution in [0.4, 0.5) is 10.5 Å². The Bertz CT molecular complexity index is 646. The van der Waals surface area contributed by atoms with Crippen molar-refractivity contribution in [2.24, 2.45) is 5.10 Å². The number of carboxylic acid groups (broad SMARTS) is 1. The van der Waals surface area contributed by atoms with E-state index >= 15 is 0 Å². The lowest BCUT2D eigenvalue weighted by molar-refractivity contribution is -0.0800. The molecule has 0 aromatic heterocycles. The van der Waals surface area contributed by atoms with Gasteiger partial charge in [-0.3, -0.25) is 0 Å². The van der Waals surface area contributed by atoms with E-state index in [0.29, 0.717) is 0 Å². The zero-order chi connectivity index (χ0) is 14.7. The smallest absolute Gasteiger partial charge is 0.448 e. The second-order valence-corrected chi connectivity index (χ2v) is 4.41. The summed E-state index contributed by atoms with van der Waals surface area (Å²) in [7, 11) is 0. The van der Waals surface area contributed by atoms with Crippen molar-refractivity contribution < 1.29 is 14.7 Å². The van der Waals surface area contributed by atoms with Gasteiger partial charge in [-0.2, -0.15) is 10.2 Å². The van der Waals surface area contributed by atoms with Gasteiger partial charge in [-0.05, 0) is 17.7 Å². The maximum atomic E-state index is 10.8. The molecule has 0 radical (unpaired) electrons. The molecule has 6 nitrogen and oxygen atoms in total. The van der Waals surface area contributed by atoms with Gasteiger partial charge in [-0.1, -0.05) is 48.5 Å². The lowest BCUT2D eigenvalue weighted by Crippen LogP contribution is -2.33. The molecule has 2 aromatic carbocycles. The number of hydrogen-bond donors (Lipinski definition) is 1. The van der Waals surface area contributed by atoms with Crippen LogP contribution < -0.4 is 5.01 Å². The number of hydrogen-bond acceptors (Lipinski definition) is 5. The molecule has 1 N–H and O–H groups in total.